The molecule has 0 aromatic carbocycles. The van der Waals surface area contributed by atoms with Gasteiger partial charge in [-0.2, -0.15) is 0 Å². The lowest BCUT2D eigenvalue weighted by Gasteiger charge is -2.01. The van der Waals surface area contributed by atoms with Crippen LogP contribution in [0.2, 0.25) is 0 Å². The highest BCUT2D eigenvalue weighted by Crippen LogP contribution is 1.94. The number of aryl methyl sites for hydroxylation is 1. The van der Waals surface area contributed by atoms with Crippen LogP contribution in [0, 0.1) is 0 Å². The van der Waals surface area contributed by atoms with Crippen LogP contribution in [0.5, 0.6) is 0 Å². The van der Waals surface area contributed by atoms with Gasteiger partial charge in [0, 0.05) is 25.2 Å². The second-order valence-electron chi connectivity index (χ2n) is 3.16. The molecule has 3 N–H and O–H groups in total. The molecule has 0 spiro atoms. The highest BCUT2D eigenvalue weighted by molar-refractivity contribution is 5.07. The molecule has 1 aromatic rings. The molecule has 1 heterocycles. The standard InChI is InChI=1S/C10H18N3/c1-13-8-3-10(4-9-13)2-6-12-7-5-11/h3-4,8-9,12H,2,5-7,11H2,1H3/q+1. The first kappa shape index (κ1) is 10.2. The van der Waals surface area contributed by atoms with Crippen LogP contribution in [0.4, 0.5) is 0 Å². The maximum Gasteiger partial charge on any atom is 0.168 e. The van der Waals surface area contributed by atoms with E-state index in [0.717, 1.165) is 19.5 Å². The van der Waals surface area contributed by atoms with Crippen molar-refractivity contribution in [2.45, 2.75) is 6.42 Å². The van der Waals surface area contributed by atoms with Gasteiger partial charge in [-0.3, -0.25) is 0 Å². The molecule has 0 saturated carbocycles. The van der Waals surface area contributed by atoms with Gasteiger partial charge in [0.25, 0.3) is 0 Å². The molecule has 3 heteroatoms. The lowest BCUT2D eigenvalue weighted by Crippen LogP contribution is -2.27. The van der Waals surface area contributed by atoms with E-state index in [4.69, 9.17) is 5.73 Å². The molecule has 0 atom stereocenters. The Balaban J connectivity index is 2.25. The topological polar surface area (TPSA) is 41.9 Å². The minimum absolute atomic E-state index is 0.712. The van der Waals surface area contributed by atoms with Crippen molar-refractivity contribution < 1.29 is 4.57 Å². The van der Waals surface area contributed by atoms with E-state index in [2.05, 4.69) is 29.8 Å². The molecule has 1 aromatic heterocycles. The highest BCUT2D eigenvalue weighted by Gasteiger charge is 1.94. The van der Waals surface area contributed by atoms with E-state index in [0.29, 0.717) is 6.54 Å². The average Bonchev–Trinajstić information content (AvgIpc) is 2.15. The first-order chi connectivity index (χ1) is 6.33. The third-order valence-corrected chi connectivity index (χ3v) is 1.96. The second-order valence-corrected chi connectivity index (χ2v) is 3.16. The third-order valence-electron chi connectivity index (χ3n) is 1.96. The molecule has 0 bridgehead atoms. The monoisotopic (exact) mass is 180 g/mol. The van der Waals surface area contributed by atoms with Crippen LogP contribution in [0.25, 0.3) is 0 Å². The summed E-state index contributed by atoms with van der Waals surface area (Å²) in [4.78, 5) is 0. The van der Waals surface area contributed by atoms with Gasteiger partial charge < -0.3 is 11.1 Å². The van der Waals surface area contributed by atoms with E-state index in [9.17, 15) is 0 Å². The summed E-state index contributed by atoms with van der Waals surface area (Å²) in [5, 5.41) is 3.27. The number of nitrogens with two attached hydrogens (primary N) is 1. The Bertz CT molecular complexity index is 230. The Hall–Kier alpha value is -0.930. The molecule has 13 heavy (non-hydrogen) atoms. The number of nitrogens with one attached hydrogen (secondary N) is 1. The smallest absolute Gasteiger partial charge is 0.168 e. The van der Waals surface area contributed by atoms with Gasteiger partial charge >= 0.3 is 0 Å². The minimum Gasteiger partial charge on any atom is -0.329 e. The fraction of sp³-hybridized carbons (Fsp3) is 0.500. The number of nitrogens with zero attached hydrogens (tertiary/aromatic N) is 1. The van der Waals surface area contributed by atoms with Crippen molar-refractivity contribution in [3.8, 4) is 0 Å². The summed E-state index contributed by atoms with van der Waals surface area (Å²) in [5.74, 6) is 0. The Morgan fingerprint density at radius 2 is 2.00 bits per heavy atom. The highest BCUT2D eigenvalue weighted by atomic mass is 14.9. The molecule has 0 fully saturated rings. The quantitative estimate of drug-likeness (QED) is 0.478. The number of hydrogen-bond donors (Lipinski definition) is 2. The summed E-state index contributed by atoms with van der Waals surface area (Å²) in [5.41, 5.74) is 6.73. The number of pyridine rings is 1. The fourth-order valence-corrected chi connectivity index (χ4v) is 1.16. The van der Waals surface area contributed by atoms with Gasteiger partial charge in [0.1, 0.15) is 7.05 Å². The molecule has 0 saturated heterocycles. The zero-order valence-corrected chi connectivity index (χ0v) is 8.16. The number of rotatable bonds is 5. The molecule has 3 nitrogen and oxygen atoms in total. The van der Waals surface area contributed by atoms with Gasteiger partial charge in [-0.1, -0.05) is 0 Å². The maximum atomic E-state index is 5.36. The SMILES string of the molecule is C[n+]1ccc(CCNCCN)cc1. The largest absolute Gasteiger partial charge is 0.329 e. The van der Waals surface area contributed by atoms with E-state index in [1.165, 1.54) is 5.56 Å². The van der Waals surface area contributed by atoms with Crippen molar-refractivity contribution in [2.75, 3.05) is 19.6 Å². The van der Waals surface area contributed by atoms with Crippen molar-refractivity contribution in [1.82, 2.24) is 5.32 Å². The van der Waals surface area contributed by atoms with Crippen LogP contribution in [-0.2, 0) is 13.5 Å². The Morgan fingerprint density at radius 3 is 2.62 bits per heavy atom. The Labute approximate surface area is 79.6 Å². The third kappa shape index (κ3) is 4.01. The summed E-state index contributed by atoms with van der Waals surface area (Å²) in [6.45, 7) is 2.62. The van der Waals surface area contributed by atoms with Crippen molar-refractivity contribution >= 4 is 0 Å². The van der Waals surface area contributed by atoms with Crippen LogP contribution in [0.1, 0.15) is 5.56 Å². The summed E-state index contributed by atoms with van der Waals surface area (Å²) in [6, 6.07) is 4.29. The molecular formula is C10H18N3+. The van der Waals surface area contributed by atoms with Gasteiger partial charge in [0.15, 0.2) is 12.4 Å². The zero-order chi connectivity index (χ0) is 9.52. The van der Waals surface area contributed by atoms with Crippen molar-refractivity contribution in [2.24, 2.45) is 12.8 Å². The first-order valence-corrected chi connectivity index (χ1v) is 4.68. The van der Waals surface area contributed by atoms with E-state index in [1.807, 2.05) is 11.6 Å². The van der Waals surface area contributed by atoms with Crippen LogP contribution in [-0.4, -0.2) is 19.6 Å². The van der Waals surface area contributed by atoms with Crippen molar-refractivity contribution in [3.63, 3.8) is 0 Å². The van der Waals surface area contributed by atoms with Crippen LogP contribution in [0.3, 0.4) is 0 Å². The van der Waals surface area contributed by atoms with Crippen molar-refractivity contribution in [3.05, 3.63) is 30.1 Å². The summed E-state index contributed by atoms with van der Waals surface area (Å²) in [7, 11) is 2.02. The maximum absolute atomic E-state index is 5.36. The molecule has 0 amide bonds. The summed E-state index contributed by atoms with van der Waals surface area (Å²) in [6.07, 6.45) is 5.21. The van der Waals surface area contributed by atoms with E-state index in [1.54, 1.807) is 0 Å². The Kier molecular flexibility index (Phi) is 4.43. The average molecular weight is 180 g/mol. The number of aromatic nitrogens is 1. The fourth-order valence-electron chi connectivity index (χ4n) is 1.16. The minimum atomic E-state index is 0.712. The predicted octanol–water partition coefficient (Wildman–Crippen LogP) is -0.398. The molecular weight excluding hydrogens is 162 g/mol. The first-order valence-electron chi connectivity index (χ1n) is 4.68. The molecule has 0 aliphatic carbocycles. The molecule has 0 aliphatic rings. The molecule has 1 rings (SSSR count). The van der Waals surface area contributed by atoms with E-state index < -0.39 is 0 Å². The van der Waals surface area contributed by atoms with Gasteiger partial charge in [0.2, 0.25) is 0 Å². The molecule has 0 unspecified atom stereocenters. The van der Waals surface area contributed by atoms with E-state index >= 15 is 0 Å². The van der Waals surface area contributed by atoms with Gasteiger partial charge in [-0.25, -0.2) is 4.57 Å². The van der Waals surface area contributed by atoms with Crippen LogP contribution < -0.4 is 15.6 Å². The Morgan fingerprint density at radius 1 is 1.31 bits per heavy atom. The normalized spacial score (nSPS) is 10.3. The predicted molar refractivity (Wildman–Crippen MR) is 53.2 cm³/mol. The van der Waals surface area contributed by atoms with E-state index in [-0.39, 0.29) is 0 Å². The van der Waals surface area contributed by atoms with Gasteiger partial charge in [-0.15, -0.1) is 0 Å². The second kappa shape index (κ2) is 5.67. The van der Waals surface area contributed by atoms with Gasteiger partial charge in [-0.05, 0) is 18.5 Å². The molecule has 0 aliphatic heterocycles. The lowest BCUT2D eigenvalue weighted by atomic mass is 10.2. The lowest BCUT2D eigenvalue weighted by molar-refractivity contribution is -0.671. The van der Waals surface area contributed by atoms with Crippen LogP contribution in [0.15, 0.2) is 24.5 Å². The summed E-state index contributed by atoms with van der Waals surface area (Å²) < 4.78 is 2.04. The van der Waals surface area contributed by atoms with Crippen LogP contribution >= 0.6 is 0 Å². The zero-order valence-electron chi connectivity index (χ0n) is 8.16. The molecule has 72 valence electrons. The van der Waals surface area contributed by atoms with Crippen molar-refractivity contribution in [1.29, 1.82) is 0 Å². The number of hydrogen-bond acceptors (Lipinski definition) is 2. The van der Waals surface area contributed by atoms with Gasteiger partial charge in [0.05, 0.1) is 0 Å². The summed E-state index contributed by atoms with van der Waals surface area (Å²) >= 11 is 0. The molecule has 0 radical (unpaired) electrons.